The van der Waals surface area contributed by atoms with E-state index in [0.717, 1.165) is 38.3 Å². The van der Waals surface area contributed by atoms with Crippen LogP contribution in [0.5, 0.6) is 5.75 Å². The number of fused-ring (bicyclic) bond motifs is 1. The number of benzene rings is 2. The maximum absolute atomic E-state index is 13.1. The minimum absolute atomic E-state index is 0.0562. The van der Waals surface area contributed by atoms with Crippen molar-refractivity contribution in [3.8, 4) is 5.75 Å². The van der Waals surface area contributed by atoms with Crippen molar-refractivity contribution in [2.75, 3.05) is 26.2 Å². The van der Waals surface area contributed by atoms with Crippen LogP contribution in [0.4, 0.5) is 0 Å². The molecule has 0 aromatic heterocycles. The lowest BCUT2D eigenvalue weighted by Gasteiger charge is -2.34. The highest BCUT2D eigenvalue weighted by atomic mass is 16.5. The second-order valence-electron chi connectivity index (χ2n) is 10.00. The molecule has 0 bridgehead atoms. The van der Waals surface area contributed by atoms with Gasteiger partial charge in [0.1, 0.15) is 18.4 Å². The number of carbonyl (C=O) groups excluding carboxylic acids is 3. The molecule has 0 radical (unpaired) electrons. The monoisotopic (exact) mass is 522 g/mol. The Hall–Kier alpha value is -3.92. The number of amides is 3. The summed E-state index contributed by atoms with van der Waals surface area (Å²) in [6, 6.07) is 12.3. The molecule has 0 saturated carbocycles. The molecule has 2 aromatic rings. The number of ether oxygens (including phenoxy) is 1. The first-order valence-electron chi connectivity index (χ1n) is 12.8. The number of aliphatic carboxylic acids is 1. The van der Waals surface area contributed by atoms with Crippen molar-refractivity contribution in [3.05, 3.63) is 64.7 Å². The summed E-state index contributed by atoms with van der Waals surface area (Å²) >= 11 is 0. The van der Waals surface area contributed by atoms with Crippen molar-refractivity contribution in [1.82, 2.24) is 14.7 Å². The Kier molecular flexibility index (Phi) is 8.31. The van der Waals surface area contributed by atoms with Gasteiger partial charge in [-0.2, -0.15) is 0 Å². The zero-order chi connectivity index (χ0) is 27.4. The number of hydrogen-bond acceptors (Lipinski definition) is 6. The Balaban J connectivity index is 1.37. The lowest BCUT2D eigenvalue weighted by molar-refractivity contribution is -0.142. The molecule has 38 heavy (non-hydrogen) atoms. The standard InChI is InChI=1S/C28H34N4O6/c1-18(28(36)37)14-24(26(29)34)32-16-23-22(27(32)35)4-3-5-25(23)38-17-21-8-6-20(7-9-21)15-30-10-12-31(13-11-30)19(2)33/h3-9,18,24H,10-17H2,1-2H3,(H2,29,34)(H,36,37). The van der Waals surface area contributed by atoms with Crippen LogP contribution in [0.25, 0.3) is 0 Å². The average molecular weight is 523 g/mol. The van der Waals surface area contributed by atoms with E-state index >= 15 is 0 Å². The predicted octanol–water partition coefficient (Wildman–Crippen LogP) is 1.85. The number of carboxylic acid groups (broad SMARTS) is 1. The van der Waals surface area contributed by atoms with Crippen LogP contribution in [-0.4, -0.2) is 75.7 Å². The molecule has 2 heterocycles. The van der Waals surface area contributed by atoms with Crippen LogP contribution in [0.15, 0.2) is 42.5 Å². The zero-order valence-corrected chi connectivity index (χ0v) is 21.8. The third kappa shape index (κ3) is 6.13. The van der Waals surface area contributed by atoms with Gasteiger partial charge in [-0.05, 0) is 29.7 Å². The number of nitrogens with two attached hydrogens (primary N) is 1. The van der Waals surface area contributed by atoms with E-state index in [1.165, 1.54) is 17.4 Å². The van der Waals surface area contributed by atoms with Gasteiger partial charge in [0.15, 0.2) is 0 Å². The lowest BCUT2D eigenvalue weighted by Crippen LogP contribution is -2.47. The van der Waals surface area contributed by atoms with Crippen LogP contribution in [0, 0.1) is 5.92 Å². The molecule has 0 aliphatic carbocycles. The van der Waals surface area contributed by atoms with Crippen molar-refractivity contribution < 1.29 is 29.0 Å². The van der Waals surface area contributed by atoms with Crippen LogP contribution in [-0.2, 0) is 34.1 Å². The summed E-state index contributed by atoms with van der Waals surface area (Å²) in [5.74, 6) is -2.31. The molecule has 202 valence electrons. The van der Waals surface area contributed by atoms with Crippen LogP contribution < -0.4 is 10.5 Å². The number of hydrogen-bond donors (Lipinski definition) is 2. The molecule has 2 aromatic carbocycles. The molecule has 2 aliphatic heterocycles. The van der Waals surface area contributed by atoms with E-state index in [4.69, 9.17) is 10.5 Å². The van der Waals surface area contributed by atoms with E-state index in [2.05, 4.69) is 17.0 Å². The maximum Gasteiger partial charge on any atom is 0.306 e. The summed E-state index contributed by atoms with van der Waals surface area (Å²) in [5.41, 5.74) is 8.79. The van der Waals surface area contributed by atoms with Gasteiger partial charge in [-0.25, -0.2) is 0 Å². The Morgan fingerprint density at radius 3 is 2.29 bits per heavy atom. The highest BCUT2D eigenvalue weighted by molar-refractivity contribution is 6.01. The molecule has 0 spiro atoms. The Labute approximate surface area is 221 Å². The van der Waals surface area contributed by atoms with Gasteiger partial charge in [0, 0.05) is 50.8 Å². The fourth-order valence-corrected chi connectivity index (χ4v) is 4.93. The van der Waals surface area contributed by atoms with Gasteiger partial charge in [0.05, 0.1) is 12.5 Å². The summed E-state index contributed by atoms with van der Waals surface area (Å²) in [7, 11) is 0. The van der Waals surface area contributed by atoms with Crippen LogP contribution in [0.1, 0.15) is 47.3 Å². The number of piperazine rings is 1. The Bertz CT molecular complexity index is 1210. The molecule has 3 N–H and O–H groups in total. The minimum atomic E-state index is -1.05. The summed E-state index contributed by atoms with van der Waals surface area (Å²) < 4.78 is 6.08. The van der Waals surface area contributed by atoms with E-state index in [1.54, 1.807) is 25.1 Å². The normalized spacial score (nSPS) is 17.2. The summed E-state index contributed by atoms with van der Waals surface area (Å²) in [4.78, 5) is 53.5. The third-order valence-corrected chi connectivity index (χ3v) is 7.30. The van der Waals surface area contributed by atoms with E-state index in [9.17, 15) is 24.3 Å². The Morgan fingerprint density at radius 2 is 1.68 bits per heavy atom. The highest BCUT2D eigenvalue weighted by Crippen LogP contribution is 2.33. The zero-order valence-electron chi connectivity index (χ0n) is 21.8. The second kappa shape index (κ2) is 11.6. The molecule has 3 amide bonds. The molecule has 1 fully saturated rings. The van der Waals surface area contributed by atoms with Crippen molar-refractivity contribution in [2.24, 2.45) is 11.7 Å². The van der Waals surface area contributed by atoms with Crippen LogP contribution >= 0.6 is 0 Å². The topological polar surface area (TPSA) is 133 Å². The lowest BCUT2D eigenvalue weighted by atomic mass is 10.0. The first-order valence-corrected chi connectivity index (χ1v) is 12.8. The molecule has 10 nitrogen and oxygen atoms in total. The molecular weight excluding hydrogens is 488 g/mol. The first-order chi connectivity index (χ1) is 18.1. The highest BCUT2D eigenvalue weighted by Gasteiger charge is 2.38. The molecule has 10 heteroatoms. The van der Waals surface area contributed by atoms with Crippen molar-refractivity contribution in [3.63, 3.8) is 0 Å². The van der Waals surface area contributed by atoms with E-state index in [1.807, 2.05) is 17.0 Å². The van der Waals surface area contributed by atoms with Crippen LogP contribution in [0.2, 0.25) is 0 Å². The molecule has 1 saturated heterocycles. The number of carboxylic acids is 1. The second-order valence-corrected chi connectivity index (χ2v) is 10.00. The van der Waals surface area contributed by atoms with Gasteiger partial charge < -0.3 is 25.4 Å². The summed E-state index contributed by atoms with van der Waals surface area (Å²) in [6.07, 6.45) is -0.0562. The molecule has 2 unspecified atom stereocenters. The van der Waals surface area contributed by atoms with Gasteiger partial charge in [-0.15, -0.1) is 0 Å². The van der Waals surface area contributed by atoms with Crippen molar-refractivity contribution in [2.45, 2.75) is 46.0 Å². The van der Waals surface area contributed by atoms with Gasteiger partial charge in [-0.1, -0.05) is 37.3 Å². The number of primary amides is 1. The largest absolute Gasteiger partial charge is 0.489 e. The van der Waals surface area contributed by atoms with Crippen molar-refractivity contribution in [1.29, 1.82) is 0 Å². The SMILES string of the molecule is CC(=O)N1CCN(Cc2ccc(COc3cccc4c3CN(C(CC(C)C(=O)O)C(N)=O)C4=O)cc2)CC1. The van der Waals surface area contributed by atoms with Crippen molar-refractivity contribution >= 4 is 23.7 Å². The third-order valence-electron chi connectivity index (χ3n) is 7.30. The summed E-state index contributed by atoms with van der Waals surface area (Å²) in [6.45, 7) is 7.55. The number of rotatable bonds is 10. The number of carbonyl (C=O) groups is 4. The van der Waals surface area contributed by atoms with Gasteiger partial charge >= 0.3 is 5.97 Å². The molecule has 2 aliphatic rings. The fraction of sp³-hybridized carbons (Fsp3) is 0.429. The van der Waals surface area contributed by atoms with Gasteiger partial charge in [0.2, 0.25) is 11.8 Å². The van der Waals surface area contributed by atoms with Gasteiger partial charge in [-0.3, -0.25) is 24.1 Å². The summed E-state index contributed by atoms with van der Waals surface area (Å²) in [5, 5.41) is 9.25. The first kappa shape index (κ1) is 27.1. The fourth-order valence-electron chi connectivity index (χ4n) is 4.93. The quantitative estimate of drug-likeness (QED) is 0.486. The molecular formula is C28H34N4O6. The molecule has 4 rings (SSSR count). The van der Waals surface area contributed by atoms with E-state index in [0.29, 0.717) is 23.5 Å². The average Bonchev–Trinajstić information content (AvgIpc) is 3.23. The maximum atomic E-state index is 13.1. The minimum Gasteiger partial charge on any atom is -0.489 e. The number of nitrogens with zero attached hydrogens (tertiary/aromatic N) is 3. The Morgan fingerprint density at radius 1 is 1.03 bits per heavy atom. The predicted molar refractivity (Wildman–Crippen MR) is 139 cm³/mol. The van der Waals surface area contributed by atoms with E-state index in [-0.39, 0.29) is 24.8 Å². The van der Waals surface area contributed by atoms with Crippen LogP contribution in [0.3, 0.4) is 0 Å². The van der Waals surface area contributed by atoms with E-state index < -0.39 is 23.8 Å². The molecule has 2 atom stereocenters. The van der Waals surface area contributed by atoms with Gasteiger partial charge in [0.25, 0.3) is 5.91 Å². The smallest absolute Gasteiger partial charge is 0.306 e.